The second kappa shape index (κ2) is 8.66. The minimum absolute atomic E-state index is 0.0138. The second-order valence-corrected chi connectivity index (χ2v) is 8.25. The van der Waals surface area contributed by atoms with E-state index in [1.807, 2.05) is 0 Å². The van der Waals surface area contributed by atoms with Crippen molar-refractivity contribution in [3.05, 3.63) is 76.8 Å². The fourth-order valence-electron chi connectivity index (χ4n) is 2.89. The molecule has 0 spiro atoms. The molecule has 6 nitrogen and oxygen atoms in total. The highest BCUT2D eigenvalue weighted by Gasteiger charge is 2.36. The average Bonchev–Trinajstić information content (AvgIpc) is 3.20. The number of carbonyl (C=O) groups excluding carboxylic acids is 2. The number of anilines is 1. The lowest BCUT2D eigenvalue weighted by Crippen LogP contribution is -2.49. The van der Waals surface area contributed by atoms with Crippen LogP contribution in [0.2, 0.25) is 0 Å². The van der Waals surface area contributed by atoms with E-state index in [9.17, 15) is 18.4 Å². The number of aromatic nitrogens is 2. The highest BCUT2D eigenvalue weighted by Crippen LogP contribution is 2.30. The lowest BCUT2D eigenvalue weighted by Gasteiger charge is -2.33. The van der Waals surface area contributed by atoms with Crippen LogP contribution in [0.15, 0.2) is 53.9 Å². The molecule has 1 atom stereocenters. The van der Waals surface area contributed by atoms with Gasteiger partial charge >= 0.3 is 0 Å². The smallest absolute Gasteiger partial charge is 0.280 e. The van der Waals surface area contributed by atoms with Gasteiger partial charge in [0.2, 0.25) is 5.91 Å². The molecule has 0 aliphatic rings. The van der Waals surface area contributed by atoms with Gasteiger partial charge in [-0.3, -0.25) is 14.5 Å². The van der Waals surface area contributed by atoms with Gasteiger partial charge in [-0.05, 0) is 68.2 Å². The summed E-state index contributed by atoms with van der Waals surface area (Å²) >= 11 is 0.979. The molecule has 0 unspecified atom stereocenters. The van der Waals surface area contributed by atoms with Crippen molar-refractivity contribution in [1.29, 1.82) is 0 Å². The summed E-state index contributed by atoms with van der Waals surface area (Å²) in [6.07, 6.45) is 0. The van der Waals surface area contributed by atoms with E-state index in [-0.39, 0.29) is 11.4 Å². The molecule has 1 aromatic heterocycles. The van der Waals surface area contributed by atoms with Crippen molar-refractivity contribution in [3.63, 3.8) is 0 Å². The van der Waals surface area contributed by atoms with Gasteiger partial charge in [-0.15, -0.1) is 5.10 Å². The van der Waals surface area contributed by atoms with Crippen molar-refractivity contribution in [1.82, 2.24) is 14.9 Å². The average molecular weight is 430 g/mol. The van der Waals surface area contributed by atoms with Gasteiger partial charge in [0.05, 0.1) is 0 Å². The quantitative estimate of drug-likeness (QED) is 0.661. The van der Waals surface area contributed by atoms with Gasteiger partial charge in [0.1, 0.15) is 17.7 Å². The zero-order chi connectivity index (χ0) is 21.9. The zero-order valence-electron chi connectivity index (χ0n) is 16.6. The standard InChI is InChI=1S/C21H20F2N4O2S/c1-21(2,3)24-19(28)18(13-7-9-14(22)10-8-13)27(16-6-4-5-15(23)11-16)20(29)17-12-30-26-25-17/h4-12,18H,1-3H3,(H,24,28)/t18-/m1/s1. The van der Waals surface area contributed by atoms with Crippen molar-refractivity contribution >= 4 is 29.0 Å². The van der Waals surface area contributed by atoms with Crippen LogP contribution in [0.1, 0.15) is 42.9 Å². The molecule has 1 heterocycles. The van der Waals surface area contributed by atoms with Crippen LogP contribution >= 0.6 is 11.5 Å². The topological polar surface area (TPSA) is 75.2 Å². The van der Waals surface area contributed by atoms with Crippen LogP contribution in [-0.2, 0) is 4.79 Å². The maximum absolute atomic E-state index is 14.0. The van der Waals surface area contributed by atoms with Gasteiger partial charge in [-0.25, -0.2) is 8.78 Å². The summed E-state index contributed by atoms with van der Waals surface area (Å²) in [6.45, 7) is 5.39. The Morgan fingerprint density at radius 1 is 1.07 bits per heavy atom. The number of benzene rings is 2. The Kier molecular flexibility index (Phi) is 6.21. The molecule has 0 bridgehead atoms. The first-order valence-corrected chi connectivity index (χ1v) is 9.93. The van der Waals surface area contributed by atoms with Crippen LogP contribution in [0.3, 0.4) is 0 Å². The maximum Gasteiger partial charge on any atom is 0.280 e. The van der Waals surface area contributed by atoms with Crippen LogP contribution in [0.5, 0.6) is 0 Å². The molecule has 0 saturated heterocycles. The van der Waals surface area contributed by atoms with E-state index in [0.29, 0.717) is 5.56 Å². The molecular formula is C21H20F2N4O2S. The zero-order valence-corrected chi connectivity index (χ0v) is 17.4. The third-order valence-corrected chi connectivity index (χ3v) is 4.58. The molecule has 9 heteroatoms. The first-order chi connectivity index (χ1) is 14.2. The Hall–Kier alpha value is -3.20. The number of rotatable bonds is 5. The summed E-state index contributed by atoms with van der Waals surface area (Å²) in [5, 5.41) is 8.09. The summed E-state index contributed by atoms with van der Waals surface area (Å²) in [6, 6.07) is 9.38. The third kappa shape index (κ3) is 5.04. The van der Waals surface area contributed by atoms with Crippen LogP contribution in [0.25, 0.3) is 0 Å². The molecule has 1 N–H and O–H groups in total. The van der Waals surface area contributed by atoms with Crippen molar-refractivity contribution in [3.8, 4) is 0 Å². The van der Waals surface area contributed by atoms with Crippen molar-refractivity contribution < 1.29 is 18.4 Å². The predicted molar refractivity (Wildman–Crippen MR) is 110 cm³/mol. The Bertz CT molecular complexity index is 1030. The van der Waals surface area contributed by atoms with Gasteiger partial charge in [0, 0.05) is 16.6 Å². The molecular weight excluding hydrogens is 410 g/mol. The number of nitrogens with one attached hydrogen (secondary N) is 1. The van der Waals surface area contributed by atoms with Crippen molar-refractivity contribution in [2.45, 2.75) is 32.4 Å². The Balaban J connectivity index is 2.18. The van der Waals surface area contributed by atoms with E-state index >= 15 is 0 Å². The SMILES string of the molecule is CC(C)(C)NC(=O)[C@@H](c1ccc(F)cc1)N(C(=O)c1csnn1)c1cccc(F)c1. The molecule has 3 rings (SSSR count). The van der Waals surface area contributed by atoms with E-state index in [1.165, 1.54) is 47.8 Å². The van der Waals surface area contributed by atoms with Crippen LogP contribution in [-0.4, -0.2) is 26.9 Å². The monoisotopic (exact) mass is 430 g/mol. The highest BCUT2D eigenvalue weighted by atomic mass is 32.1. The summed E-state index contributed by atoms with van der Waals surface area (Å²) in [5.74, 6) is -2.19. The first-order valence-electron chi connectivity index (χ1n) is 9.09. The minimum Gasteiger partial charge on any atom is -0.349 e. The molecule has 0 radical (unpaired) electrons. The Labute approximate surface area is 176 Å². The summed E-state index contributed by atoms with van der Waals surface area (Å²) in [7, 11) is 0. The lowest BCUT2D eigenvalue weighted by molar-refractivity contribution is -0.123. The van der Waals surface area contributed by atoms with E-state index in [1.54, 1.807) is 20.8 Å². The molecule has 156 valence electrons. The number of nitrogens with zero attached hydrogens (tertiary/aromatic N) is 3. The Morgan fingerprint density at radius 2 is 1.77 bits per heavy atom. The molecule has 0 fully saturated rings. The summed E-state index contributed by atoms with van der Waals surface area (Å²) < 4.78 is 31.2. The number of carbonyl (C=O) groups is 2. The van der Waals surface area contributed by atoms with Gasteiger partial charge in [0.25, 0.3) is 5.91 Å². The fraction of sp³-hybridized carbons (Fsp3) is 0.238. The largest absolute Gasteiger partial charge is 0.349 e. The van der Waals surface area contributed by atoms with Gasteiger partial charge < -0.3 is 5.32 Å². The normalized spacial score (nSPS) is 12.3. The van der Waals surface area contributed by atoms with Gasteiger partial charge in [-0.1, -0.05) is 22.7 Å². The van der Waals surface area contributed by atoms with Crippen LogP contribution < -0.4 is 10.2 Å². The first kappa shape index (κ1) is 21.5. The van der Waals surface area contributed by atoms with E-state index in [0.717, 1.165) is 22.5 Å². The van der Waals surface area contributed by atoms with Gasteiger partial charge in [-0.2, -0.15) is 0 Å². The van der Waals surface area contributed by atoms with E-state index < -0.39 is 35.0 Å². The fourth-order valence-corrected chi connectivity index (χ4v) is 3.32. The Morgan fingerprint density at radius 3 is 2.33 bits per heavy atom. The lowest BCUT2D eigenvalue weighted by atomic mass is 10.0. The van der Waals surface area contributed by atoms with Crippen molar-refractivity contribution in [2.24, 2.45) is 0 Å². The number of hydrogen-bond donors (Lipinski definition) is 1. The molecule has 0 aliphatic heterocycles. The predicted octanol–water partition coefficient (Wildman–Crippen LogP) is 4.12. The molecule has 0 aliphatic carbocycles. The molecule has 30 heavy (non-hydrogen) atoms. The highest BCUT2D eigenvalue weighted by molar-refractivity contribution is 7.03. The summed E-state index contributed by atoms with van der Waals surface area (Å²) in [4.78, 5) is 27.8. The molecule has 2 amide bonds. The number of halogens is 2. The molecule has 2 aromatic carbocycles. The number of hydrogen-bond acceptors (Lipinski definition) is 5. The van der Waals surface area contributed by atoms with Crippen LogP contribution in [0.4, 0.5) is 14.5 Å². The summed E-state index contributed by atoms with van der Waals surface area (Å²) in [5.41, 5.74) is -0.0703. The molecule has 3 aromatic rings. The van der Waals surface area contributed by atoms with E-state index in [2.05, 4.69) is 14.9 Å². The number of amides is 2. The minimum atomic E-state index is -1.19. The third-order valence-electron chi connectivity index (χ3n) is 4.07. The van der Waals surface area contributed by atoms with Crippen molar-refractivity contribution in [2.75, 3.05) is 4.90 Å². The van der Waals surface area contributed by atoms with Crippen LogP contribution in [0, 0.1) is 11.6 Å². The maximum atomic E-state index is 14.0. The van der Waals surface area contributed by atoms with E-state index in [4.69, 9.17) is 0 Å². The molecule has 0 saturated carbocycles. The van der Waals surface area contributed by atoms with Gasteiger partial charge in [0.15, 0.2) is 5.69 Å². The second-order valence-electron chi connectivity index (χ2n) is 7.64.